The second kappa shape index (κ2) is 4.47. The molecule has 1 fully saturated rings. The Bertz CT molecular complexity index is 531. The molecule has 3 rings (SSSR count). The molecule has 0 amide bonds. The zero-order chi connectivity index (χ0) is 12.7. The molecule has 0 aliphatic heterocycles. The highest BCUT2D eigenvalue weighted by atomic mass is 35.5. The van der Waals surface area contributed by atoms with Gasteiger partial charge in [0, 0.05) is 12.0 Å². The van der Waals surface area contributed by atoms with E-state index in [1.54, 1.807) is 12.1 Å². The van der Waals surface area contributed by atoms with Gasteiger partial charge in [-0.2, -0.15) is 0 Å². The van der Waals surface area contributed by atoms with Gasteiger partial charge >= 0.3 is 0 Å². The number of fused-ring (bicyclic) bond motifs is 1. The summed E-state index contributed by atoms with van der Waals surface area (Å²) in [5.74, 6) is 2.13. The minimum Gasteiger partial charge on any atom is -0.440 e. The zero-order valence-corrected chi connectivity index (χ0v) is 11.2. The summed E-state index contributed by atoms with van der Waals surface area (Å²) in [5, 5.41) is 0.541. The van der Waals surface area contributed by atoms with Crippen molar-refractivity contribution in [2.24, 2.45) is 5.92 Å². The fraction of sp³-hybridized carbons (Fsp3) is 0.500. The number of halogens is 1. The van der Waals surface area contributed by atoms with E-state index in [0.717, 1.165) is 35.7 Å². The molecule has 0 atom stereocenters. The Kier molecular flexibility index (Phi) is 2.94. The first kappa shape index (κ1) is 11.8. The summed E-state index contributed by atoms with van der Waals surface area (Å²) in [5.41, 5.74) is 7.87. The Hall–Kier alpha value is -1.22. The lowest BCUT2D eigenvalue weighted by Crippen LogP contribution is -2.10. The molecule has 0 saturated heterocycles. The third kappa shape index (κ3) is 2.07. The molecule has 2 aromatic rings. The van der Waals surface area contributed by atoms with Gasteiger partial charge in [0.1, 0.15) is 5.52 Å². The van der Waals surface area contributed by atoms with Crippen LogP contribution in [-0.4, -0.2) is 4.98 Å². The molecule has 1 heterocycles. The van der Waals surface area contributed by atoms with Crippen LogP contribution in [0.2, 0.25) is 5.02 Å². The molecule has 1 aliphatic rings. The van der Waals surface area contributed by atoms with E-state index in [-0.39, 0.29) is 0 Å². The Labute approximate surface area is 111 Å². The fourth-order valence-electron chi connectivity index (χ4n) is 2.66. The molecular formula is C14H17ClN2O. The first-order chi connectivity index (χ1) is 8.63. The van der Waals surface area contributed by atoms with Crippen LogP contribution in [0.3, 0.4) is 0 Å². The maximum atomic E-state index is 6.00. The normalized spacial score (nSPS) is 24.6. The van der Waals surface area contributed by atoms with Gasteiger partial charge in [0.2, 0.25) is 0 Å². The van der Waals surface area contributed by atoms with E-state index < -0.39 is 0 Å². The molecule has 3 nitrogen and oxygen atoms in total. The van der Waals surface area contributed by atoms with Crippen molar-refractivity contribution in [1.82, 2.24) is 4.98 Å². The number of aromatic nitrogens is 1. The SMILES string of the molecule is CC1CCC(c2nc3cc(Cl)c(N)cc3o2)CC1. The number of nitrogen functional groups attached to an aromatic ring is 1. The Morgan fingerprint density at radius 1 is 1.28 bits per heavy atom. The van der Waals surface area contributed by atoms with Crippen molar-refractivity contribution in [3.05, 3.63) is 23.0 Å². The molecule has 2 N–H and O–H groups in total. The predicted molar refractivity (Wildman–Crippen MR) is 73.8 cm³/mol. The number of nitrogens with zero attached hydrogens (tertiary/aromatic N) is 1. The van der Waals surface area contributed by atoms with Crippen LogP contribution in [-0.2, 0) is 0 Å². The van der Waals surface area contributed by atoms with Crippen molar-refractivity contribution in [3.63, 3.8) is 0 Å². The van der Waals surface area contributed by atoms with Crippen LogP contribution >= 0.6 is 11.6 Å². The Morgan fingerprint density at radius 3 is 2.72 bits per heavy atom. The molecule has 1 aliphatic carbocycles. The van der Waals surface area contributed by atoms with Gasteiger partial charge in [-0.25, -0.2) is 4.98 Å². The summed E-state index contributed by atoms with van der Waals surface area (Å²) < 4.78 is 5.83. The Balaban J connectivity index is 1.93. The minimum atomic E-state index is 0.452. The lowest BCUT2D eigenvalue weighted by molar-refractivity contribution is 0.312. The highest BCUT2D eigenvalue weighted by Gasteiger charge is 2.24. The summed E-state index contributed by atoms with van der Waals surface area (Å²) in [7, 11) is 0. The predicted octanol–water partition coefficient (Wildman–Crippen LogP) is 4.36. The summed E-state index contributed by atoms with van der Waals surface area (Å²) in [6, 6.07) is 3.55. The quantitative estimate of drug-likeness (QED) is 0.779. The summed E-state index contributed by atoms with van der Waals surface area (Å²) >= 11 is 6.00. The lowest BCUT2D eigenvalue weighted by Gasteiger charge is -2.23. The van der Waals surface area contributed by atoms with Gasteiger partial charge in [-0.15, -0.1) is 0 Å². The molecule has 18 heavy (non-hydrogen) atoms. The largest absolute Gasteiger partial charge is 0.440 e. The van der Waals surface area contributed by atoms with Gasteiger partial charge in [0.05, 0.1) is 10.7 Å². The van der Waals surface area contributed by atoms with E-state index in [1.807, 2.05) is 0 Å². The molecule has 1 aromatic carbocycles. The van der Waals surface area contributed by atoms with Crippen LogP contribution in [0.5, 0.6) is 0 Å². The van der Waals surface area contributed by atoms with Gasteiger partial charge in [-0.3, -0.25) is 0 Å². The number of nitrogens with two attached hydrogens (primary N) is 1. The first-order valence-electron chi connectivity index (χ1n) is 6.49. The number of hydrogen-bond donors (Lipinski definition) is 1. The van der Waals surface area contributed by atoms with Crippen molar-refractivity contribution < 1.29 is 4.42 Å². The second-order valence-electron chi connectivity index (χ2n) is 5.35. The van der Waals surface area contributed by atoms with Gasteiger partial charge in [0.25, 0.3) is 0 Å². The highest BCUT2D eigenvalue weighted by molar-refractivity contribution is 6.33. The van der Waals surface area contributed by atoms with Gasteiger partial charge in [0.15, 0.2) is 11.5 Å². The summed E-state index contributed by atoms with van der Waals surface area (Å²) in [6.45, 7) is 2.31. The zero-order valence-electron chi connectivity index (χ0n) is 10.4. The molecular weight excluding hydrogens is 248 g/mol. The monoisotopic (exact) mass is 264 g/mol. The summed E-state index contributed by atoms with van der Waals surface area (Å²) in [6.07, 6.45) is 4.84. The maximum Gasteiger partial charge on any atom is 0.198 e. The van der Waals surface area contributed by atoms with Crippen LogP contribution in [0, 0.1) is 5.92 Å². The third-order valence-electron chi connectivity index (χ3n) is 3.89. The van der Waals surface area contributed by atoms with Crippen molar-refractivity contribution in [2.75, 3.05) is 5.73 Å². The van der Waals surface area contributed by atoms with Crippen molar-refractivity contribution in [1.29, 1.82) is 0 Å². The fourth-order valence-corrected chi connectivity index (χ4v) is 2.82. The van der Waals surface area contributed by atoms with Crippen molar-refractivity contribution in [2.45, 2.75) is 38.5 Å². The topological polar surface area (TPSA) is 52.0 Å². The van der Waals surface area contributed by atoms with Gasteiger partial charge in [-0.05, 0) is 37.7 Å². The molecule has 0 radical (unpaired) electrons. The molecule has 0 bridgehead atoms. The van der Waals surface area contributed by atoms with E-state index in [9.17, 15) is 0 Å². The number of hydrogen-bond acceptors (Lipinski definition) is 3. The first-order valence-corrected chi connectivity index (χ1v) is 6.86. The molecule has 0 spiro atoms. The van der Waals surface area contributed by atoms with Gasteiger partial charge in [-0.1, -0.05) is 18.5 Å². The molecule has 4 heteroatoms. The average molecular weight is 265 g/mol. The van der Waals surface area contributed by atoms with Crippen LogP contribution < -0.4 is 5.73 Å². The second-order valence-corrected chi connectivity index (χ2v) is 5.76. The molecule has 1 saturated carbocycles. The van der Waals surface area contributed by atoms with E-state index in [1.165, 1.54) is 12.8 Å². The Morgan fingerprint density at radius 2 is 2.00 bits per heavy atom. The number of benzene rings is 1. The number of rotatable bonds is 1. The van der Waals surface area contributed by atoms with Crippen molar-refractivity contribution in [3.8, 4) is 0 Å². The van der Waals surface area contributed by atoms with E-state index in [0.29, 0.717) is 16.6 Å². The van der Waals surface area contributed by atoms with Crippen molar-refractivity contribution >= 4 is 28.4 Å². The van der Waals surface area contributed by atoms with E-state index in [2.05, 4.69) is 11.9 Å². The minimum absolute atomic E-state index is 0.452. The average Bonchev–Trinajstić information content (AvgIpc) is 2.73. The standard InChI is InChI=1S/C14H17ClN2O/c1-8-2-4-9(5-3-8)14-17-12-6-10(15)11(16)7-13(12)18-14/h6-9H,2-5,16H2,1H3. The lowest BCUT2D eigenvalue weighted by atomic mass is 9.83. The van der Waals surface area contributed by atoms with Crippen LogP contribution in [0.4, 0.5) is 5.69 Å². The number of oxazole rings is 1. The van der Waals surface area contributed by atoms with Crippen LogP contribution in [0.15, 0.2) is 16.5 Å². The smallest absolute Gasteiger partial charge is 0.198 e. The number of anilines is 1. The van der Waals surface area contributed by atoms with E-state index >= 15 is 0 Å². The molecule has 96 valence electrons. The van der Waals surface area contributed by atoms with E-state index in [4.69, 9.17) is 21.8 Å². The summed E-state index contributed by atoms with van der Waals surface area (Å²) in [4.78, 5) is 4.56. The molecule has 1 aromatic heterocycles. The molecule has 0 unspecified atom stereocenters. The van der Waals surface area contributed by atoms with Gasteiger partial charge < -0.3 is 10.2 Å². The highest BCUT2D eigenvalue weighted by Crippen LogP contribution is 2.37. The maximum absolute atomic E-state index is 6.00. The van der Waals surface area contributed by atoms with Crippen LogP contribution in [0.1, 0.15) is 44.4 Å². The van der Waals surface area contributed by atoms with Crippen LogP contribution in [0.25, 0.3) is 11.1 Å². The third-order valence-corrected chi connectivity index (χ3v) is 4.22.